The van der Waals surface area contributed by atoms with Gasteiger partial charge >= 0.3 is 10.2 Å². The van der Waals surface area contributed by atoms with Crippen LogP contribution in [0.5, 0.6) is 0 Å². The minimum atomic E-state index is -4.00. The Hall–Kier alpha value is -0.990. The molecule has 1 rings (SSSR count). The highest BCUT2D eigenvalue weighted by molar-refractivity contribution is 8.02. The zero-order valence-corrected chi connectivity index (χ0v) is 13.5. The molecule has 5 nitrogen and oxygen atoms in total. The quantitative estimate of drug-likeness (QED) is 0.834. The predicted octanol–water partition coefficient (Wildman–Crippen LogP) is 2.18. The van der Waals surface area contributed by atoms with Gasteiger partial charge in [-0.2, -0.15) is 12.7 Å². The summed E-state index contributed by atoms with van der Waals surface area (Å²) in [5, 5.41) is 0. The zero-order valence-electron chi connectivity index (χ0n) is 11.9. The van der Waals surface area contributed by atoms with Crippen LogP contribution < -0.4 is 0 Å². The van der Waals surface area contributed by atoms with E-state index < -0.39 is 31.8 Å². The molecule has 20 heavy (non-hydrogen) atoms. The predicted molar refractivity (Wildman–Crippen MR) is 78.5 cm³/mol. The molecule has 0 aliphatic heterocycles. The van der Waals surface area contributed by atoms with Crippen LogP contribution in [0, 0.1) is 5.82 Å². The third-order valence-electron chi connectivity index (χ3n) is 3.05. The van der Waals surface area contributed by atoms with E-state index in [1.165, 1.54) is 37.6 Å². The van der Waals surface area contributed by atoms with Crippen LogP contribution in [0.1, 0.15) is 25.5 Å². The molecule has 0 aromatic heterocycles. The zero-order chi connectivity index (χ0) is 15.6. The molecule has 8 heteroatoms. The Labute approximate surface area is 120 Å². The van der Waals surface area contributed by atoms with Gasteiger partial charge in [0.2, 0.25) is 0 Å². The van der Waals surface area contributed by atoms with Gasteiger partial charge in [0.25, 0.3) is 0 Å². The van der Waals surface area contributed by atoms with Gasteiger partial charge in [-0.05, 0) is 24.6 Å². The van der Waals surface area contributed by atoms with Crippen molar-refractivity contribution in [2.24, 2.45) is 3.77 Å². The van der Waals surface area contributed by atoms with Crippen molar-refractivity contribution in [1.29, 1.82) is 0 Å². The summed E-state index contributed by atoms with van der Waals surface area (Å²) in [6.07, 6.45) is 1.31. The van der Waals surface area contributed by atoms with Gasteiger partial charge in [-0.15, -0.1) is 0 Å². The van der Waals surface area contributed by atoms with Crippen LogP contribution in [0.2, 0.25) is 0 Å². The van der Waals surface area contributed by atoms with Crippen LogP contribution in [-0.4, -0.2) is 36.0 Å². The summed E-state index contributed by atoms with van der Waals surface area (Å²) in [6.45, 7) is 3.27. The van der Waals surface area contributed by atoms with Crippen LogP contribution in [0.3, 0.4) is 0 Å². The topological polar surface area (TPSA) is 66.8 Å². The monoisotopic (exact) mass is 322 g/mol. The van der Waals surface area contributed by atoms with Crippen molar-refractivity contribution in [2.45, 2.75) is 19.9 Å². The van der Waals surface area contributed by atoms with Crippen molar-refractivity contribution in [3.8, 4) is 0 Å². The van der Waals surface area contributed by atoms with Gasteiger partial charge in [0.1, 0.15) is 5.82 Å². The maximum Gasteiger partial charge on any atom is 0.330 e. The number of halogens is 1. The minimum absolute atomic E-state index is 0.158. The third kappa shape index (κ3) is 4.26. The molecule has 0 amide bonds. The number of hydrogen-bond donors (Lipinski definition) is 0. The highest BCUT2D eigenvalue weighted by Gasteiger charge is 2.25. The van der Waals surface area contributed by atoms with E-state index in [9.17, 15) is 17.0 Å². The van der Waals surface area contributed by atoms with Crippen molar-refractivity contribution in [2.75, 3.05) is 19.1 Å². The lowest BCUT2D eigenvalue weighted by Gasteiger charge is -2.22. The summed E-state index contributed by atoms with van der Waals surface area (Å²) in [5.74, 6) is -0.232. The lowest BCUT2D eigenvalue weighted by Crippen LogP contribution is -2.29. The highest BCUT2D eigenvalue weighted by Crippen LogP contribution is 2.23. The fourth-order valence-electron chi connectivity index (χ4n) is 1.46. The first-order valence-electron chi connectivity index (χ1n) is 6.03. The SMILES string of the molecule is CC[S@](C)(=O)=NS(=O)(=O)N(C)[C@@H](C)c1ccc(F)cc1. The van der Waals surface area contributed by atoms with Crippen LogP contribution in [0.4, 0.5) is 4.39 Å². The minimum Gasteiger partial charge on any atom is -0.249 e. The normalized spacial score (nSPS) is 16.7. The van der Waals surface area contributed by atoms with Crippen molar-refractivity contribution in [3.05, 3.63) is 35.6 Å². The maximum absolute atomic E-state index is 12.9. The average Bonchev–Trinajstić information content (AvgIpc) is 2.36. The summed E-state index contributed by atoms with van der Waals surface area (Å²) >= 11 is 0. The van der Waals surface area contributed by atoms with E-state index in [0.717, 1.165) is 4.31 Å². The van der Waals surface area contributed by atoms with Gasteiger partial charge in [-0.3, -0.25) is 0 Å². The Balaban J connectivity index is 3.11. The van der Waals surface area contributed by atoms with Crippen molar-refractivity contribution >= 4 is 19.9 Å². The number of hydrogen-bond acceptors (Lipinski definition) is 3. The molecule has 0 spiro atoms. The largest absolute Gasteiger partial charge is 0.330 e. The van der Waals surface area contributed by atoms with Gasteiger partial charge in [-0.25, -0.2) is 8.60 Å². The number of benzene rings is 1. The lowest BCUT2D eigenvalue weighted by molar-refractivity contribution is 0.399. The van der Waals surface area contributed by atoms with Gasteiger partial charge in [0.15, 0.2) is 0 Å². The Morgan fingerprint density at radius 3 is 2.20 bits per heavy atom. The molecule has 0 saturated carbocycles. The van der Waals surface area contributed by atoms with Crippen molar-refractivity contribution < 1.29 is 17.0 Å². The molecule has 0 N–H and O–H groups in total. The molecule has 0 radical (unpaired) electrons. The van der Waals surface area contributed by atoms with E-state index in [2.05, 4.69) is 3.77 Å². The third-order valence-corrected chi connectivity index (χ3v) is 7.18. The number of rotatable bonds is 5. The summed E-state index contributed by atoms with van der Waals surface area (Å²) in [5.41, 5.74) is 0.631. The number of nitrogens with zero attached hydrogens (tertiary/aromatic N) is 2. The second-order valence-electron chi connectivity index (χ2n) is 4.54. The molecule has 2 atom stereocenters. The van der Waals surface area contributed by atoms with Gasteiger partial charge in [0, 0.05) is 25.1 Å². The average molecular weight is 322 g/mol. The van der Waals surface area contributed by atoms with Gasteiger partial charge in [0.05, 0.1) is 9.73 Å². The molecule has 0 fully saturated rings. The van der Waals surface area contributed by atoms with Crippen LogP contribution in [0.25, 0.3) is 0 Å². The molecular weight excluding hydrogens is 303 g/mol. The first kappa shape index (κ1) is 17.1. The summed E-state index contributed by atoms with van der Waals surface area (Å²) in [4.78, 5) is 0. The Kier molecular flexibility index (Phi) is 5.28. The fraction of sp³-hybridized carbons (Fsp3) is 0.500. The molecule has 0 heterocycles. The first-order chi connectivity index (χ1) is 9.09. The van der Waals surface area contributed by atoms with E-state index in [1.54, 1.807) is 13.8 Å². The summed E-state index contributed by atoms with van der Waals surface area (Å²) in [6, 6.07) is 5.01. The standard InChI is InChI=1S/C12H19FN2O3S2/c1-5-19(4,16)14-20(17,18)15(3)10(2)11-6-8-12(13)9-7-11/h6-10H,5H2,1-4H3/t10-,19-/m0/s1. The molecule has 114 valence electrons. The van der Waals surface area contributed by atoms with Crippen LogP contribution in [-0.2, 0) is 19.9 Å². The molecule has 0 aliphatic carbocycles. The molecule has 1 aromatic carbocycles. The van der Waals surface area contributed by atoms with E-state index in [4.69, 9.17) is 0 Å². The lowest BCUT2D eigenvalue weighted by atomic mass is 10.1. The Bertz CT molecular complexity index is 677. The Morgan fingerprint density at radius 1 is 1.25 bits per heavy atom. The molecule has 0 aliphatic rings. The van der Waals surface area contributed by atoms with Crippen molar-refractivity contribution in [3.63, 3.8) is 0 Å². The van der Waals surface area contributed by atoms with E-state index >= 15 is 0 Å². The fourth-order valence-corrected chi connectivity index (χ4v) is 4.41. The Morgan fingerprint density at radius 2 is 1.75 bits per heavy atom. The summed E-state index contributed by atoms with van der Waals surface area (Å²) < 4.78 is 53.4. The van der Waals surface area contributed by atoms with E-state index in [-0.39, 0.29) is 5.75 Å². The molecule has 0 bridgehead atoms. The van der Waals surface area contributed by atoms with Crippen LogP contribution in [0.15, 0.2) is 28.0 Å². The van der Waals surface area contributed by atoms with E-state index in [1.807, 2.05) is 0 Å². The van der Waals surface area contributed by atoms with Gasteiger partial charge in [-0.1, -0.05) is 22.8 Å². The van der Waals surface area contributed by atoms with Gasteiger partial charge < -0.3 is 0 Å². The molecular formula is C12H19FN2O3S2. The summed E-state index contributed by atoms with van der Waals surface area (Å²) in [7, 11) is -5.40. The second-order valence-corrected chi connectivity index (χ2v) is 9.11. The van der Waals surface area contributed by atoms with Crippen LogP contribution >= 0.6 is 0 Å². The van der Waals surface area contributed by atoms with E-state index in [0.29, 0.717) is 5.56 Å². The molecule has 1 aromatic rings. The second kappa shape index (κ2) is 6.19. The first-order valence-corrected chi connectivity index (χ1v) is 9.52. The maximum atomic E-state index is 12.9. The molecule has 0 unspecified atom stereocenters. The smallest absolute Gasteiger partial charge is 0.249 e. The van der Waals surface area contributed by atoms with Crippen molar-refractivity contribution in [1.82, 2.24) is 4.31 Å². The molecule has 0 saturated heterocycles. The highest BCUT2D eigenvalue weighted by atomic mass is 32.3.